The number of piperidine rings is 1. The van der Waals surface area contributed by atoms with Crippen LogP contribution >= 0.6 is 0 Å². The molecule has 0 N–H and O–H groups in total. The molecule has 3 aliphatic rings. The minimum atomic E-state index is 0.833. The standard InChI is InChI=1S/C26H24N4/c1-4-12-30(13-5-1)21-8-10-23-20(15-21)16-25(28-23)18-7-9-22-19(14-18)17-26(29-22)24-6-2-3-11-27-24/h2-3,6-11,14-15H,1,4-5,12-13,16-17H2. The zero-order valence-electron chi connectivity index (χ0n) is 17.0. The Morgan fingerprint density at radius 1 is 0.700 bits per heavy atom. The van der Waals surface area contributed by atoms with Crippen molar-refractivity contribution in [2.75, 3.05) is 18.0 Å². The molecule has 0 radical (unpaired) electrons. The highest BCUT2D eigenvalue weighted by Gasteiger charge is 2.22. The summed E-state index contributed by atoms with van der Waals surface area (Å²) >= 11 is 0. The fourth-order valence-electron chi connectivity index (χ4n) is 4.77. The summed E-state index contributed by atoms with van der Waals surface area (Å²) in [6.45, 7) is 2.35. The minimum Gasteiger partial charge on any atom is -0.372 e. The number of pyridine rings is 1. The molecule has 4 heterocycles. The molecule has 4 heteroatoms. The van der Waals surface area contributed by atoms with Crippen molar-refractivity contribution in [1.29, 1.82) is 0 Å². The summed E-state index contributed by atoms with van der Waals surface area (Å²) in [6, 6.07) is 19.3. The Labute approximate surface area is 177 Å². The number of hydrogen-bond donors (Lipinski definition) is 0. The van der Waals surface area contributed by atoms with Crippen LogP contribution in [0.4, 0.5) is 17.1 Å². The summed E-state index contributed by atoms with van der Waals surface area (Å²) in [7, 11) is 0. The Bertz CT molecular complexity index is 1170. The Kier molecular flexibility index (Phi) is 4.22. The first kappa shape index (κ1) is 17.6. The molecule has 4 nitrogen and oxygen atoms in total. The number of fused-ring (bicyclic) bond motifs is 2. The van der Waals surface area contributed by atoms with Gasteiger partial charge < -0.3 is 4.90 Å². The lowest BCUT2D eigenvalue weighted by molar-refractivity contribution is 0.578. The molecule has 1 fully saturated rings. The molecule has 0 bridgehead atoms. The smallest absolute Gasteiger partial charge is 0.0848 e. The van der Waals surface area contributed by atoms with E-state index in [1.54, 1.807) is 0 Å². The predicted octanol–water partition coefficient (Wildman–Crippen LogP) is 5.43. The molecule has 6 rings (SSSR count). The van der Waals surface area contributed by atoms with E-state index in [4.69, 9.17) is 9.98 Å². The average Bonchev–Trinajstić information content (AvgIpc) is 3.43. The van der Waals surface area contributed by atoms with Crippen molar-refractivity contribution in [3.05, 3.63) is 83.2 Å². The summed E-state index contributed by atoms with van der Waals surface area (Å²) in [6.07, 6.45) is 7.53. The second-order valence-corrected chi connectivity index (χ2v) is 8.39. The first-order valence-corrected chi connectivity index (χ1v) is 10.9. The van der Waals surface area contributed by atoms with E-state index in [2.05, 4.69) is 46.3 Å². The van der Waals surface area contributed by atoms with Crippen molar-refractivity contribution in [2.45, 2.75) is 32.1 Å². The minimum absolute atomic E-state index is 0.833. The van der Waals surface area contributed by atoms with E-state index in [1.165, 1.54) is 54.7 Å². The average molecular weight is 393 g/mol. The van der Waals surface area contributed by atoms with E-state index < -0.39 is 0 Å². The largest absolute Gasteiger partial charge is 0.372 e. The monoisotopic (exact) mass is 392 g/mol. The molecule has 0 saturated carbocycles. The van der Waals surface area contributed by atoms with Gasteiger partial charge in [-0.05, 0) is 78.4 Å². The normalized spacial score (nSPS) is 17.4. The van der Waals surface area contributed by atoms with Crippen LogP contribution < -0.4 is 4.90 Å². The van der Waals surface area contributed by atoms with E-state index in [0.717, 1.165) is 41.3 Å². The zero-order chi connectivity index (χ0) is 19.9. The van der Waals surface area contributed by atoms with Crippen molar-refractivity contribution < 1.29 is 0 Å². The molecular formula is C26H24N4. The number of nitrogens with zero attached hydrogens (tertiary/aromatic N) is 4. The lowest BCUT2D eigenvalue weighted by Gasteiger charge is -2.29. The van der Waals surface area contributed by atoms with Crippen molar-refractivity contribution in [2.24, 2.45) is 9.98 Å². The van der Waals surface area contributed by atoms with Crippen LogP contribution in [0.1, 0.15) is 41.6 Å². The number of aliphatic imine (C=N–C) groups is 2. The molecule has 0 aliphatic carbocycles. The summed E-state index contributed by atoms with van der Waals surface area (Å²) in [4.78, 5) is 16.7. The molecule has 3 aromatic rings. The third-order valence-electron chi connectivity index (χ3n) is 6.38. The molecule has 0 unspecified atom stereocenters. The van der Waals surface area contributed by atoms with Gasteiger partial charge in [-0.15, -0.1) is 0 Å². The van der Waals surface area contributed by atoms with Gasteiger partial charge in [0.15, 0.2) is 0 Å². The molecule has 0 atom stereocenters. The number of hydrogen-bond acceptors (Lipinski definition) is 4. The number of aromatic nitrogens is 1. The molecular weight excluding hydrogens is 368 g/mol. The summed E-state index contributed by atoms with van der Waals surface area (Å²) in [5.41, 5.74) is 10.5. The van der Waals surface area contributed by atoms with E-state index in [9.17, 15) is 0 Å². The maximum absolute atomic E-state index is 4.96. The van der Waals surface area contributed by atoms with Gasteiger partial charge in [-0.3, -0.25) is 15.0 Å². The highest BCUT2D eigenvalue weighted by atomic mass is 15.1. The Balaban J connectivity index is 1.23. The Morgan fingerprint density at radius 3 is 2.30 bits per heavy atom. The lowest BCUT2D eigenvalue weighted by atomic mass is 9.99. The fourth-order valence-corrected chi connectivity index (χ4v) is 4.77. The van der Waals surface area contributed by atoms with Gasteiger partial charge in [-0.1, -0.05) is 12.1 Å². The van der Waals surface area contributed by atoms with Crippen LogP contribution in [0.2, 0.25) is 0 Å². The SMILES string of the molecule is c1ccc(C2=Nc3ccc(C4=Nc5ccc(N6CCCCC6)cc5C4)cc3C2)nc1. The highest BCUT2D eigenvalue weighted by Crippen LogP contribution is 2.35. The van der Waals surface area contributed by atoms with Gasteiger partial charge in [-0.25, -0.2) is 0 Å². The lowest BCUT2D eigenvalue weighted by Crippen LogP contribution is -2.29. The molecule has 1 aromatic heterocycles. The number of anilines is 1. The van der Waals surface area contributed by atoms with Gasteiger partial charge in [0.05, 0.1) is 28.5 Å². The van der Waals surface area contributed by atoms with Crippen LogP contribution in [0.5, 0.6) is 0 Å². The van der Waals surface area contributed by atoms with Crippen LogP contribution in [0.25, 0.3) is 0 Å². The molecule has 0 spiro atoms. The van der Waals surface area contributed by atoms with E-state index in [1.807, 2.05) is 24.4 Å². The van der Waals surface area contributed by atoms with Gasteiger partial charge in [0, 0.05) is 37.8 Å². The van der Waals surface area contributed by atoms with Crippen LogP contribution in [0.3, 0.4) is 0 Å². The second kappa shape index (κ2) is 7.21. The predicted molar refractivity (Wildman–Crippen MR) is 123 cm³/mol. The quantitative estimate of drug-likeness (QED) is 0.597. The highest BCUT2D eigenvalue weighted by molar-refractivity contribution is 6.09. The third kappa shape index (κ3) is 3.13. The fraction of sp³-hybridized carbons (Fsp3) is 0.269. The topological polar surface area (TPSA) is 40.9 Å². The summed E-state index contributed by atoms with van der Waals surface area (Å²) < 4.78 is 0. The summed E-state index contributed by atoms with van der Waals surface area (Å²) in [5.74, 6) is 0. The maximum Gasteiger partial charge on any atom is 0.0848 e. The maximum atomic E-state index is 4.96. The van der Waals surface area contributed by atoms with Gasteiger partial charge >= 0.3 is 0 Å². The zero-order valence-corrected chi connectivity index (χ0v) is 17.0. The molecule has 2 aromatic carbocycles. The summed E-state index contributed by atoms with van der Waals surface area (Å²) in [5, 5.41) is 0. The molecule has 3 aliphatic heterocycles. The van der Waals surface area contributed by atoms with Gasteiger partial charge in [0.25, 0.3) is 0 Å². The molecule has 148 valence electrons. The second-order valence-electron chi connectivity index (χ2n) is 8.39. The first-order valence-electron chi connectivity index (χ1n) is 10.9. The molecule has 30 heavy (non-hydrogen) atoms. The third-order valence-corrected chi connectivity index (χ3v) is 6.38. The van der Waals surface area contributed by atoms with E-state index in [-0.39, 0.29) is 0 Å². The van der Waals surface area contributed by atoms with E-state index in [0.29, 0.717) is 0 Å². The van der Waals surface area contributed by atoms with Crippen LogP contribution in [0, 0.1) is 0 Å². The Morgan fingerprint density at radius 2 is 1.47 bits per heavy atom. The molecule has 1 saturated heterocycles. The first-order chi connectivity index (χ1) is 14.8. The Hall–Kier alpha value is -3.27. The van der Waals surface area contributed by atoms with Crippen LogP contribution in [0.15, 0.2) is 70.8 Å². The van der Waals surface area contributed by atoms with Crippen molar-refractivity contribution in [1.82, 2.24) is 4.98 Å². The van der Waals surface area contributed by atoms with Crippen LogP contribution in [-0.2, 0) is 12.8 Å². The van der Waals surface area contributed by atoms with Crippen molar-refractivity contribution >= 4 is 28.5 Å². The van der Waals surface area contributed by atoms with Gasteiger partial charge in [0.2, 0.25) is 0 Å². The van der Waals surface area contributed by atoms with Crippen LogP contribution in [-0.4, -0.2) is 29.5 Å². The number of rotatable bonds is 3. The number of benzene rings is 2. The van der Waals surface area contributed by atoms with Gasteiger partial charge in [-0.2, -0.15) is 0 Å². The van der Waals surface area contributed by atoms with Crippen molar-refractivity contribution in [3.63, 3.8) is 0 Å². The van der Waals surface area contributed by atoms with Crippen molar-refractivity contribution in [3.8, 4) is 0 Å². The van der Waals surface area contributed by atoms with E-state index >= 15 is 0 Å². The molecule has 0 amide bonds. The van der Waals surface area contributed by atoms with Gasteiger partial charge in [0.1, 0.15) is 0 Å².